The quantitative estimate of drug-likeness (QED) is 0.421. The van der Waals surface area contributed by atoms with Gasteiger partial charge in [-0.2, -0.15) is 0 Å². The van der Waals surface area contributed by atoms with Gasteiger partial charge < -0.3 is 14.2 Å². The number of nitrogens with zero attached hydrogens (tertiary/aromatic N) is 1. The van der Waals surface area contributed by atoms with E-state index in [1.54, 1.807) is 46.8 Å². The van der Waals surface area contributed by atoms with Crippen LogP contribution in [0.2, 0.25) is 5.02 Å². The normalized spacial score (nSPS) is 16.6. The van der Waals surface area contributed by atoms with Crippen LogP contribution in [0.4, 0.5) is 9.18 Å². The standard InChI is InChI=1S/C29H37ClFN3O6/c1-17(2)12-18-8-10-19(11-9-18)25(35)32-33-26(36)21-13-23(31)24(14-22(21)30)38-15-20-16-39-29(6,7)34(20)27(37)40-28(3,4)5/h8-11,13-14,17,20H,12,15-16H2,1-7H3,(H,32,35)(H,33,36). The summed E-state index contributed by atoms with van der Waals surface area (Å²) in [6.07, 6.45) is 0.305. The molecule has 1 unspecified atom stereocenters. The number of rotatable bonds is 7. The zero-order valence-electron chi connectivity index (χ0n) is 23.9. The van der Waals surface area contributed by atoms with Gasteiger partial charge in [0.1, 0.15) is 17.9 Å². The summed E-state index contributed by atoms with van der Waals surface area (Å²) in [5, 5.41) is -0.0896. The van der Waals surface area contributed by atoms with Gasteiger partial charge in [-0.15, -0.1) is 0 Å². The fourth-order valence-corrected chi connectivity index (χ4v) is 4.44. The van der Waals surface area contributed by atoms with E-state index in [9.17, 15) is 18.8 Å². The Hall–Kier alpha value is -3.37. The van der Waals surface area contributed by atoms with Crippen molar-refractivity contribution in [2.75, 3.05) is 13.2 Å². The maximum absolute atomic E-state index is 14.9. The van der Waals surface area contributed by atoms with Gasteiger partial charge in [0.05, 0.1) is 23.2 Å². The molecule has 1 aliphatic heterocycles. The molecule has 3 rings (SSSR count). The largest absolute Gasteiger partial charge is 0.488 e. The van der Waals surface area contributed by atoms with E-state index in [0.29, 0.717) is 11.5 Å². The first kappa shape index (κ1) is 31.2. The van der Waals surface area contributed by atoms with E-state index >= 15 is 0 Å². The number of hydrogen-bond donors (Lipinski definition) is 2. The number of amides is 3. The molecule has 0 radical (unpaired) electrons. The van der Waals surface area contributed by atoms with E-state index in [0.717, 1.165) is 18.1 Å². The molecule has 3 amide bonds. The highest BCUT2D eigenvalue weighted by Gasteiger charge is 2.46. The summed E-state index contributed by atoms with van der Waals surface area (Å²) >= 11 is 6.25. The molecule has 0 aromatic heterocycles. The summed E-state index contributed by atoms with van der Waals surface area (Å²) in [4.78, 5) is 39.3. The second-order valence-corrected chi connectivity index (χ2v) is 11.9. The van der Waals surface area contributed by atoms with Crippen molar-refractivity contribution < 1.29 is 33.0 Å². The third-order valence-electron chi connectivity index (χ3n) is 6.01. The Morgan fingerprint density at radius 3 is 2.35 bits per heavy atom. The summed E-state index contributed by atoms with van der Waals surface area (Å²) < 4.78 is 31.8. The first-order valence-electron chi connectivity index (χ1n) is 13.0. The molecule has 0 bridgehead atoms. The summed E-state index contributed by atoms with van der Waals surface area (Å²) in [5.41, 5.74) is 4.15. The van der Waals surface area contributed by atoms with Gasteiger partial charge in [-0.3, -0.25) is 25.3 Å². The molecule has 2 aromatic carbocycles. The van der Waals surface area contributed by atoms with Crippen molar-refractivity contribution in [2.45, 2.75) is 72.3 Å². The first-order valence-corrected chi connectivity index (χ1v) is 13.4. The number of carbonyl (C=O) groups is 3. The number of nitrogens with one attached hydrogen (secondary N) is 2. The zero-order chi connectivity index (χ0) is 29.8. The number of halogens is 2. The Morgan fingerprint density at radius 1 is 1.12 bits per heavy atom. The fourth-order valence-electron chi connectivity index (χ4n) is 4.20. The number of hydrazine groups is 1. The van der Waals surface area contributed by atoms with Crippen molar-refractivity contribution in [1.29, 1.82) is 0 Å². The van der Waals surface area contributed by atoms with Crippen LogP contribution in [0.25, 0.3) is 0 Å². The lowest BCUT2D eigenvalue weighted by atomic mass is 10.0. The summed E-state index contributed by atoms with van der Waals surface area (Å²) in [6.45, 7) is 13.0. The molecule has 11 heteroatoms. The van der Waals surface area contributed by atoms with Crippen molar-refractivity contribution in [3.8, 4) is 5.75 Å². The van der Waals surface area contributed by atoms with Crippen molar-refractivity contribution >= 4 is 29.5 Å². The SMILES string of the molecule is CC(C)Cc1ccc(C(=O)NNC(=O)c2cc(F)c(OCC3COC(C)(C)N3C(=O)OC(C)(C)C)cc2Cl)cc1. The van der Waals surface area contributed by atoms with Gasteiger partial charge in [0, 0.05) is 11.6 Å². The van der Waals surface area contributed by atoms with Crippen LogP contribution in [0.1, 0.15) is 74.7 Å². The van der Waals surface area contributed by atoms with Gasteiger partial charge in [0.2, 0.25) is 0 Å². The lowest BCUT2D eigenvalue weighted by Crippen LogP contribution is -2.51. The zero-order valence-corrected chi connectivity index (χ0v) is 24.6. The van der Waals surface area contributed by atoms with Gasteiger partial charge in [-0.1, -0.05) is 37.6 Å². The van der Waals surface area contributed by atoms with Crippen LogP contribution in [-0.4, -0.2) is 53.4 Å². The summed E-state index contributed by atoms with van der Waals surface area (Å²) in [7, 11) is 0. The Balaban J connectivity index is 1.62. The number of benzene rings is 2. The van der Waals surface area contributed by atoms with E-state index in [1.807, 2.05) is 12.1 Å². The lowest BCUT2D eigenvalue weighted by molar-refractivity contribution is -0.0637. The molecule has 0 spiro atoms. The van der Waals surface area contributed by atoms with Crippen LogP contribution in [-0.2, 0) is 15.9 Å². The molecule has 0 aliphatic carbocycles. The third-order valence-corrected chi connectivity index (χ3v) is 6.32. The highest BCUT2D eigenvalue weighted by Crippen LogP contribution is 2.31. The van der Waals surface area contributed by atoms with E-state index < -0.39 is 41.1 Å². The fraction of sp³-hybridized carbons (Fsp3) is 0.483. The Kier molecular flexibility index (Phi) is 9.68. The third kappa shape index (κ3) is 8.08. The molecule has 40 heavy (non-hydrogen) atoms. The highest BCUT2D eigenvalue weighted by molar-refractivity contribution is 6.34. The van der Waals surface area contributed by atoms with E-state index in [2.05, 4.69) is 24.7 Å². The minimum Gasteiger partial charge on any atom is -0.488 e. The van der Waals surface area contributed by atoms with Gasteiger partial charge in [-0.05, 0) is 70.7 Å². The average molecular weight is 578 g/mol. The molecule has 218 valence electrons. The Bertz CT molecular complexity index is 1240. The molecule has 1 fully saturated rings. The van der Waals surface area contributed by atoms with Crippen molar-refractivity contribution in [1.82, 2.24) is 15.8 Å². The molecule has 1 heterocycles. The summed E-state index contributed by atoms with van der Waals surface area (Å²) in [5.74, 6) is -1.90. The molecule has 1 aliphatic rings. The van der Waals surface area contributed by atoms with E-state index in [-0.39, 0.29) is 29.5 Å². The molecule has 2 N–H and O–H groups in total. The van der Waals surface area contributed by atoms with Crippen LogP contribution in [0.15, 0.2) is 36.4 Å². The van der Waals surface area contributed by atoms with Gasteiger partial charge >= 0.3 is 6.09 Å². The molecule has 1 atom stereocenters. The first-order chi connectivity index (χ1) is 18.6. The second-order valence-electron chi connectivity index (χ2n) is 11.5. The van der Waals surface area contributed by atoms with Crippen molar-refractivity contribution in [3.05, 3.63) is 63.9 Å². The lowest BCUT2D eigenvalue weighted by Gasteiger charge is -2.35. The van der Waals surface area contributed by atoms with Crippen LogP contribution in [0, 0.1) is 11.7 Å². The smallest absolute Gasteiger partial charge is 0.413 e. The summed E-state index contributed by atoms with van der Waals surface area (Å²) in [6, 6.07) is 8.57. The van der Waals surface area contributed by atoms with Gasteiger partial charge in [0.15, 0.2) is 11.6 Å². The molecule has 1 saturated heterocycles. The van der Waals surface area contributed by atoms with Crippen LogP contribution >= 0.6 is 11.6 Å². The number of hydrogen-bond acceptors (Lipinski definition) is 6. The molecular weight excluding hydrogens is 541 g/mol. The maximum atomic E-state index is 14.9. The highest BCUT2D eigenvalue weighted by atomic mass is 35.5. The second kappa shape index (κ2) is 12.4. The predicted molar refractivity (Wildman–Crippen MR) is 149 cm³/mol. The molecular formula is C29H37ClFN3O6. The van der Waals surface area contributed by atoms with Crippen LogP contribution in [0.5, 0.6) is 5.75 Å². The van der Waals surface area contributed by atoms with Crippen molar-refractivity contribution in [3.63, 3.8) is 0 Å². The minimum absolute atomic E-state index is 0.0896. The molecule has 9 nitrogen and oxygen atoms in total. The Labute approximate surface area is 239 Å². The number of ether oxygens (including phenoxy) is 3. The molecule has 2 aromatic rings. The average Bonchev–Trinajstić information content (AvgIpc) is 3.15. The van der Waals surface area contributed by atoms with Gasteiger partial charge in [-0.25, -0.2) is 9.18 Å². The van der Waals surface area contributed by atoms with E-state index in [1.165, 1.54) is 11.0 Å². The molecule has 0 saturated carbocycles. The van der Waals surface area contributed by atoms with Crippen molar-refractivity contribution in [2.24, 2.45) is 5.92 Å². The minimum atomic E-state index is -0.949. The monoisotopic (exact) mass is 577 g/mol. The Morgan fingerprint density at radius 2 is 1.75 bits per heavy atom. The van der Waals surface area contributed by atoms with E-state index in [4.69, 9.17) is 25.8 Å². The maximum Gasteiger partial charge on any atom is 0.413 e. The predicted octanol–water partition coefficient (Wildman–Crippen LogP) is 5.50. The van der Waals surface area contributed by atoms with Crippen LogP contribution in [0.3, 0.4) is 0 Å². The number of carbonyl (C=O) groups excluding carboxylic acids is 3. The van der Waals surface area contributed by atoms with Crippen LogP contribution < -0.4 is 15.6 Å². The topological polar surface area (TPSA) is 106 Å². The van der Waals surface area contributed by atoms with Gasteiger partial charge in [0.25, 0.3) is 11.8 Å².